The second-order valence-corrected chi connectivity index (χ2v) is 5.59. The normalized spacial score (nSPS) is 12.4. The Morgan fingerprint density at radius 2 is 1.94 bits per heavy atom. The molecule has 1 nitrogen and oxygen atoms in total. The largest absolute Gasteiger partial charge is 0.496 e. The molecule has 0 bridgehead atoms. The number of alkyl halides is 1. The molecule has 0 spiro atoms. The van der Waals surface area contributed by atoms with Crippen LogP contribution in [0.4, 0.5) is 0 Å². The van der Waals surface area contributed by atoms with Crippen molar-refractivity contribution in [3.63, 3.8) is 0 Å². The number of halogens is 1. The van der Waals surface area contributed by atoms with Crippen molar-refractivity contribution in [3.8, 4) is 5.75 Å². The van der Waals surface area contributed by atoms with Gasteiger partial charge in [0.2, 0.25) is 0 Å². The zero-order valence-electron chi connectivity index (χ0n) is 10.7. The van der Waals surface area contributed by atoms with Crippen LogP contribution in [-0.4, -0.2) is 7.11 Å². The Morgan fingerprint density at radius 1 is 1.22 bits per heavy atom. The van der Waals surface area contributed by atoms with Gasteiger partial charge in [-0.15, -0.1) is 22.9 Å². The van der Waals surface area contributed by atoms with E-state index in [9.17, 15) is 0 Å². The minimum absolute atomic E-state index is 0.129. The Kier molecular flexibility index (Phi) is 4.67. The maximum absolute atomic E-state index is 6.52. The van der Waals surface area contributed by atoms with Crippen molar-refractivity contribution < 1.29 is 4.74 Å². The molecule has 0 aliphatic heterocycles. The highest BCUT2D eigenvalue weighted by Crippen LogP contribution is 2.38. The van der Waals surface area contributed by atoms with E-state index in [1.807, 2.05) is 11.4 Å². The van der Waals surface area contributed by atoms with Crippen molar-refractivity contribution >= 4 is 22.9 Å². The summed E-state index contributed by atoms with van der Waals surface area (Å²) in [4.78, 5) is 1.07. The van der Waals surface area contributed by atoms with Gasteiger partial charge in [0.15, 0.2) is 0 Å². The molecule has 18 heavy (non-hydrogen) atoms. The van der Waals surface area contributed by atoms with E-state index in [1.165, 1.54) is 12.0 Å². The van der Waals surface area contributed by atoms with Gasteiger partial charge in [0.05, 0.1) is 17.4 Å². The topological polar surface area (TPSA) is 9.23 Å². The molecule has 0 radical (unpaired) electrons. The Morgan fingerprint density at radius 3 is 2.56 bits per heavy atom. The van der Waals surface area contributed by atoms with E-state index in [-0.39, 0.29) is 5.38 Å². The summed E-state index contributed by atoms with van der Waals surface area (Å²) in [5, 5.41) is 1.88. The Labute approximate surface area is 117 Å². The van der Waals surface area contributed by atoms with Crippen LogP contribution in [0.3, 0.4) is 0 Å². The van der Waals surface area contributed by atoms with E-state index in [0.717, 1.165) is 22.6 Å². The van der Waals surface area contributed by atoms with Crippen molar-refractivity contribution in [2.24, 2.45) is 0 Å². The van der Waals surface area contributed by atoms with Gasteiger partial charge in [-0.1, -0.05) is 37.6 Å². The van der Waals surface area contributed by atoms with Crippen molar-refractivity contribution in [2.45, 2.75) is 25.1 Å². The lowest BCUT2D eigenvalue weighted by atomic mass is 10.1. The van der Waals surface area contributed by atoms with Crippen molar-refractivity contribution in [1.82, 2.24) is 0 Å². The van der Waals surface area contributed by atoms with Crippen LogP contribution >= 0.6 is 22.9 Å². The SMILES string of the molecule is CCCc1ccc(C(Cl)c2sccc2OC)cc1. The zero-order valence-corrected chi connectivity index (χ0v) is 12.2. The Balaban J connectivity index is 2.20. The zero-order chi connectivity index (χ0) is 13.0. The van der Waals surface area contributed by atoms with E-state index in [4.69, 9.17) is 16.3 Å². The molecule has 1 unspecified atom stereocenters. The van der Waals surface area contributed by atoms with Gasteiger partial charge in [-0.3, -0.25) is 0 Å². The first kappa shape index (κ1) is 13.4. The molecule has 2 rings (SSSR count). The maximum atomic E-state index is 6.52. The lowest BCUT2D eigenvalue weighted by Crippen LogP contribution is -1.94. The quantitative estimate of drug-likeness (QED) is 0.698. The summed E-state index contributed by atoms with van der Waals surface area (Å²) in [7, 11) is 1.68. The van der Waals surface area contributed by atoms with E-state index in [1.54, 1.807) is 18.4 Å². The Hall–Kier alpha value is -0.990. The molecule has 1 aromatic heterocycles. The van der Waals surface area contributed by atoms with Gasteiger partial charge in [0, 0.05) is 0 Å². The number of rotatable bonds is 5. The smallest absolute Gasteiger partial charge is 0.134 e. The number of methoxy groups -OCH3 is 1. The molecule has 0 aliphatic carbocycles. The number of thiophene rings is 1. The van der Waals surface area contributed by atoms with Crippen molar-refractivity contribution in [3.05, 3.63) is 51.7 Å². The highest BCUT2D eigenvalue weighted by atomic mass is 35.5. The van der Waals surface area contributed by atoms with E-state index in [2.05, 4.69) is 31.2 Å². The van der Waals surface area contributed by atoms with Crippen LogP contribution in [0, 0.1) is 0 Å². The number of hydrogen-bond acceptors (Lipinski definition) is 2. The molecule has 0 fully saturated rings. The van der Waals surface area contributed by atoms with Gasteiger partial charge in [0.1, 0.15) is 5.75 Å². The highest BCUT2D eigenvalue weighted by molar-refractivity contribution is 7.10. The molecule has 2 aromatic rings. The minimum Gasteiger partial charge on any atom is -0.496 e. The summed E-state index contributed by atoms with van der Waals surface area (Å²) in [6.07, 6.45) is 2.29. The van der Waals surface area contributed by atoms with Gasteiger partial charge in [0.25, 0.3) is 0 Å². The van der Waals surface area contributed by atoms with Gasteiger partial charge in [-0.2, -0.15) is 0 Å². The fourth-order valence-corrected chi connectivity index (χ4v) is 3.22. The molecule has 3 heteroatoms. The van der Waals surface area contributed by atoms with Crippen molar-refractivity contribution in [2.75, 3.05) is 7.11 Å². The summed E-state index contributed by atoms with van der Waals surface area (Å²) in [5.41, 5.74) is 2.49. The fraction of sp³-hybridized carbons (Fsp3) is 0.333. The molecule has 0 aliphatic rings. The van der Waals surface area contributed by atoms with E-state index in [0.29, 0.717) is 0 Å². The standard InChI is InChI=1S/C15H17ClOS/c1-3-4-11-5-7-12(8-6-11)14(16)15-13(17-2)9-10-18-15/h5-10,14H,3-4H2,1-2H3. The third-order valence-electron chi connectivity index (χ3n) is 2.92. The first-order valence-corrected chi connectivity index (χ1v) is 7.42. The summed E-state index contributed by atoms with van der Waals surface area (Å²) in [5.74, 6) is 0.873. The molecule has 1 atom stereocenters. The lowest BCUT2D eigenvalue weighted by molar-refractivity contribution is 0.413. The van der Waals surface area contributed by atoms with Crippen LogP contribution in [0.15, 0.2) is 35.7 Å². The molecule has 1 aromatic carbocycles. The minimum atomic E-state index is -0.129. The summed E-state index contributed by atoms with van der Waals surface area (Å²) < 4.78 is 5.32. The number of benzene rings is 1. The molecule has 0 saturated heterocycles. The molecule has 0 amide bonds. The summed E-state index contributed by atoms with van der Waals surface area (Å²) in [6.45, 7) is 2.19. The average molecular weight is 281 g/mol. The van der Waals surface area contributed by atoms with Gasteiger partial charge in [-0.05, 0) is 29.0 Å². The lowest BCUT2D eigenvalue weighted by Gasteiger charge is -2.11. The van der Waals surface area contributed by atoms with Gasteiger partial charge >= 0.3 is 0 Å². The van der Waals surface area contributed by atoms with Crippen LogP contribution in [-0.2, 0) is 6.42 Å². The predicted octanol–water partition coefficient (Wildman–Crippen LogP) is 5.04. The molecule has 1 heterocycles. The van der Waals surface area contributed by atoms with Crippen LogP contribution in [0.25, 0.3) is 0 Å². The van der Waals surface area contributed by atoms with Crippen LogP contribution in [0.2, 0.25) is 0 Å². The number of aryl methyl sites for hydroxylation is 1. The number of hydrogen-bond donors (Lipinski definition) is 0. The highest BCUT2D eigenvalue weighted by Gasteiger charge is 2.16. The molecule has 96 valence electrons. The van der Waals surface area contributed by atoms with Crippen molar-refractivity contribution in [1.29, 1.82) is 0 Å². The monoisotopic (exact) mass is 280 g/mol. The summed E-state index contributed by atoms with van der Waals surface area (Å²) in [6, 6.07) is 10.5. The third kappa shape index (κ3) is 2.88. The molecule has 0 saturated carbocycles. The molecular weight excluding hydrogens is 264 g/mol. The van der Waals surface area contributed by atoms with Crippen LogP contribution < -0.4 is 4.74 Å². The molecular formula is C15H17ClOS. The second-order valence-electron chi connectivity index (χ2n) is 4.21. The number of ether oxygens (including phenoxy) is 1. The maximum Gasteiger partial charge on any atom is 0.134 e. The van der Waals surface area contributed by atoms with E-state index < -0.39 is 0 Å². The molecule has 0 N–H and O–H groups in total. The van der Waals surface area contributed by atoms with Gasteiger partial charge < -0.3 is 4.74 Å². The average Bonchev–Trinajstić information content (AvgIpc) is 2.87. The Bertz CT molecular complexity index is 489. The third-order valence-corrected chi connectivity index (χ3v) is 4.48. The van der Waals surface area contributed by atoms with E-state index >= 15 is 0 Å². The fourth-order valence-electron chi connectivity index (χ4n) is 1.96. The summed E-state index contributed by atoms with van der Waals surface area (Å²) >= 11 is 8.15. The van der Waals surface area contributed by atoms with Crippen LogP contribution in [0.5, 0.6) is 5.75 Å². The van der Waals surface area contributed by atoms with Gasteiger partial charge in [-0.25, -0.2) is 0 Å². The second kappa shape index (κ2) is 6.26. The first-order chi connectivity index (χ1) is 8.76. The first-order valence-electron chi connectivity index (χ1n) is 6.10. The van der Waals surface area contributed by atoms with Crippen LogP contribution in [0.1, 0.15) is 34.7 Å². The predicted molar refractivity (Wildman–Crippen MR) is 79.0 cm³/mol.